The number of hydrogen-bond acceptors (Lipinski definition) is 5. The van der Waals surface area contributed by atoms with Gasteiger partial charge in [0.25, 0.3) is 0 Å². The van der Waals surface area contributed by atoms with Crippen LogP contribution < -0.4 is 5.73 Å². The number of ether oxygens (including phenoxy) is 1. The predicted molar refractivity (Wildman–Crippen MR) is 74.8 cm³/mol. The standard InChI is InChI=1S/C13H19NO4S/c1-3-7-19(16,17)8-6-18-13(15)12-9-11(14)5-4-10(12)2/h4-5,9H,3,6-8,14H2,1-2H3. The number of nitrogen functional groups attached to an aromatic ring is 1. The number of carbonyl (C=O) groups is 1. The maximum Gasteiger partial charge on any atom is 0.338 e. The van der Waals surface area contributed by atoms with Gasteiger partial charge in [-0.05, 0) is 31.0 Å². The molecule has 0 aliphatic carbocycles. The van der Waals surface area contributed by atoms with Gasteiger partial charge in [0.05, 0.1) is 17.1 Å². The van der Waals surface area contributed by atoms with E-state index in [1.165, 1.54) is 6.07 Å². The van der Waals surface area contributed by atoms with Gasteiger partial charge < -0.3 is 10.5 Å². The van der Waals surface area contributed by atoms with Crippen LogP contribution in [0.15, 0.2) is 18.2 Å². The van der Waals surface area contributed by atoms with E-state index in [0.29, 0.717) is 17.7 Å². The third-order valence-electron chi connectivity index (χ3n) is 2.62. The summed E-state index contributed by atoms with van der Waals surface area (Å²) in [6.07, 6.45) is 0.560. The van der Waals surface area contributed by atoms with Crippen LogP contribution in [-0.4, -0.2) is 32.5 Å². The normalized spacial score (nSPS) is 11.3. The van der Waals surface area contributed by atoms with Crippen molar-refractivity contribution in [3.63, 3.8) is 0 Å². The smallest absolute Gasteiger partial charge is 0.338 e. The van der Waals surface area contributed by atoms with Crippen LogP contribution in [0, 0.1) is 6.92 Å². The second-order valence-corrected chi connectivity index (χ2v) is 6.67. The minimum Gasteiger partial charge on any atom is -0.461 e. The van der Waals surface area contributed by atoms with Gasteiger partial charge in [-0.15, -0.1) is 0 Å². The highest BCUT2D eigenvalue weighted by Gasteiger charge is 2.14. The van der Waals surface area contributed by atoms with Crippen molar-refractivity contribution in [1.29, 1.82) is 0 Å². The molecule has 1 aromatic carbocycles. The molecule has 1 aromatic rings. The molecule has 19 heavy (non-hydrogen) atoms. The van der Waals surface area contributed by atoms with Crippen LogP contribution in [0.5, 0.6) is 0 Å². The first-order valence-electron chi connectivity index (χ1n) is 6.09. The molecule has 0 aliphatic heterocycles. The summed E-state index contributed by atoms with van der Waals surface area (Å²) in [4.78, 5) is 11.8. The summed E-state index contributed by atoms with van der Waals surface area (Å²) >= 11 is 0. The Labute approximate surface area is 113 Å². The zero-order chi connectivity index (χ0) is 14.5. The van der Waals surface area contributed by atoms with Crippen molar-refractivity contribution in [3.8, 4) is 0 Å². The molecule has 0 atom stereocenters. The fourth-order valence-electron chi connectivity index (χ4n) is 1.61. The Hall–Kier alpha value is -1.56. The topological polar surface area (TPSA) is 86.5 Å². The van der Waals surface area contributed by atoms with Gasteiger partial charge >= 0.3 is 5.97 Å². The van der Waals surface area contributed by atoms with E-state index in [2.05, 4.69) is 0 Å². The second kappa shape index (κ2) is 6.56. The van der Waals surface area contributed by atoms with Crippen LogP contribution in [0.3, 0.4) is 0 Å². The molecule has 0 saturated carbocycles. The van der Waals surface area contributed by atoms with Crippen LogP contribution in [0.2, 0.25) is 0 Å². The summed E-state index contributed by atoms with van der Waals surface area (Å²) in [5, 5.41) is 0. The lowest BCUT2D eigenvalue weighted by Gasteiger charge is -2.08. The van der Waals surface area contributed by atoms with Crippen LogP contribution >= 0.6 is 0 Å². The van der Waals surface area contributed by atoms with Gasteiger partial charge in [0.1, 0.15) is 6.61 Å². The monoisotopic (exact) mass is 285 g/mol. The third-order valence-corrected chi connectivity index (χ3v) is 4.44. The first kappa shape index (κ1) is 15.5. The fraction of sp³-hybridized carbons (Fsp3) is 0.462. The van der Waals surface area contributed by atoms with Gasteiger partial charge in [0.15, 0.2) is 9.84 Å². The summed E-state index contributed by atoms with van der Waals surface area (Å²) in [6.45, 7) is 3.43. The number of aryl methyl sites for hydroxylation is 1. The Kier molecular flexibility index (Phi) is 5.35. The first-order valence-corrected chi connectivity index (χ1v) is 7.91. The molecule has 0 aliphatic rings. The SMILES string of the molecule is CCCS(=O)(=O)CCOC(=O)c1cc(N)ccc1C. The molecule has 0 heterocycles. The number of hydrogen-bond donors (Lipinski definition) is 1. The van der Waals surface area contributed by atoms with E-state index in [-0.39, 0.29) is 18.1 Å². The van der Waals surface area contributed by atoms with Crippen molar-refractivity contribution in [2.75, 3.05) is 23.8 Å². The van der Waals surface area contributed by atoms with Crippen LogP contribution in [0.4, 0.5) is 5.69 Å². The Balaban J connectivity index is 2.59. The molecule has 0 spiro atoms. The van der Waals surface area contributed by atoms with E-state index < -0.39 is 15.8 Å². The zero-order valence-corrected chi connectivity index (χ0v) is 12.0. The highest BCUT2D eigenvalue weighted by molar-refractivity contribution is 7.91. The molecule has 0 unspecified atom stereocenters. The van der Waals surface area contributed by atoms with Crippen LogP contribution in [-0.2, 0) is 14.6 Å². The summed E-state index contributed by atoms with van der Waals surface area (Å²) in [6, 6.07) is 4.94. The Morgan fingerprint density at radius 1 is 1.32 bits per heavy atom. The average Bonchev–Trinajstić information content (AvgIpc) is 2.31. The maximum atomic E-state index is 11.8. The summed E-state index contributed by atoms with van der Waals surface area (Å²) in [5.41, 5.74) is 7.18. The number of carbonyl (C=O) groups excluding carboxylic acids is 1. The quantitative estimate of drug-likeness (QED) is 0.633. The minimum atomic E-state index is -3.13. The molecule has 0 aromatic heterocycles. The number of rotatable bonds is 6. The lowest BCUT2D eigenvalue weighted by atomic mass is 10.1. The predicted octanol–water partition coefficient (Wildman–Crippen LogP) is 1.56. The Bertz CT molecular complexity index is 552. The molecule has 6 heteroatoms. The molecule has 1 rings (SSSR count). The average molecular weight is 285 g/mol. The van der Waals surface area contributed by atoms with E-state index >= 15 is 0 Å². The highest BCUT2D eigenvalue weighted by Crippen LogP contribution is 2.13. The number of sulfone groups is 1. The molecule has 0 amide bonds. The molecule has 2 N–H and O–H groups in total. The number of esters is 1. The Morgan fingerprint density at radius 2 is 2.00 bits per heavy atom. The molecular formula is C13H19NO4S. The van der Waals surface area contributed by atoms with Crippen molar-refractivity contribution >= 4 is 21.5 Å². The first-order chi connectivity index (χ1) is 8.85. The van der Waals surface area contributed by atoms with Gasteiger partial charge in [0.2, 0.25) is 0 Å². The summed E-state index contributed by atoms with van der Waals surface area (Å²) in [5.74, 6) is -0.577. The lowest BCUT2D eigenvalue weighted by molar-refractivity contribution is 0.0528. The number of anilines is 1. The molecular weight excluding hydrogens is 266 g/mol. The molecule has 5 nitrogen and oxygen atoms in total. The summed E-state index contributed by atoms with van der Waals surface area (Å²) in [7, 11) is -3.13. The minimum absolute atomic E-state index is 0.113. The van der Waals surface area contributed by atoms with E-state index in [1.807, 2.05) is 0 Å². The van der Waals surface area contributed by atoms with Crippen molar-refractivity contribution in [2.45, 2.75) is 20.3 Å². The van der Waals surface area contributed by atoms with Gasteiger partial charge in [-0.25, -0.2) is 13.2 Å². The van der Waals surface area contributed by atoms with Gasteiger partial charge in [-0.2, -0.15) is 0 Å². The zero-order valence-electron chi connectivity index (χ0n) is 11.2. The number of benzene rings is 1. The fourth-order valence-corrected chi connectivity index (χ4v) is 2.78. The van der Waals surface area contributed by atoms with Crippen molar-refractivity contribution in [1.82, 2.24) is 0 Å². The second-order valence-electron chi connectivity index (χ2n) is 4.36. The molecule has 0 fully saturated rings. The molecule has 0 bridgehead atoms. The number of nitrogens with two attached hydrogens (primary N) is 1. The van der Waals surface area contributed by atoms with E-state index in [4.69, 9.17) is 10.5 Å². The van der Waals surface area contributed by atoms with Crippen LogP contribution in [0.25, 0.3) is 0 Å². The van der Waals surface area contributed by atoms with E-state index in [9.17, 15) is 13.2 Å². The lowest BCUT2D eigenvalue weighted by Crippen LogP contribution is -2.18. The van der Waals surface area contributed by atoms with Gasteiger partial charge in [0, 0.05) is 5.69 Å². The van der Waals surface area contributed by atoms with E-state index in [0.717, 1.165) is 5.56 Å². The van der Waals surface area contributed by atoms with Crippen molar-refractivity contribution < 1.29 is 17.9 Å². The Morgan fingerprint density at radius 3 is 2.63 bits per heavy atom. The molecule has 0 saturated heterocycles. The third kappa shape index (κ3) is 4.90. The highest BCUT2D eigenvalue weighted by atomic mass is 32.2. The summed E-state index contributed by atoms with van der Waals surface area (Å²) < 4.78 is 27.9. The van der Waals surface area contributed by atoms with Crippen molar-refractivity contribution in [3.05, 3.63) is 29.3 Å². The van der Waals surface area contributed by atoms with Crippen LogP contribution in [0.1, 0.15) is 29.3 Å². The molecule has 0 radical (unpaired) electrons. The largest absolute Gasteiger partial charge is 0.461 e. The van der Waals surface area contributed by atoms with Crippen molar-refractivity contribution in [2.24, 2.45) is 0 Å². The maximum absolute atomic E-state index is 11.8. The van der Waals surface area contributed by atoms with Gasteiger partial charge in [-0.3, -0.25) is 0 Å². The van der Waals surface area contributed by atoms with E-state index in [1.54, 1.807) is 26.0 Å². The molecule has 106 valence electrons. The van der Waals surface area contributed by atoms with Gasteiger partial charge in [-0.1, -0.05) is 13.0 Å².